The molecule has 1 unspecified atom stereocenters. The predicted octanol–water partition coefficient (Wildman–Crippen LogP) is 14.8. The van der Waals surface area contributed by atoms with Crippen LogP contribution >= 0.6 is 23.5 Å². The first-order valence-corrected chi connectivity index (χ1v) is 22.0. The molecule has 259 valence electrons. The van der Waals surface area contributed by atoms with E-state index in [1.54, 1.807) is 0 Å². The van der Waals surface area contributed by atoms with E-state index >= 15 is 0 Å². The molecule has 0 bridgehead atoms. The van der Waals surface area contributed by atoms with E-state index in [1.165, 1.54) is 186 Å². The minimum Gasteiger partial charge on any atom is -0.324 e. The smallest absolute Gasteiger partial charge is 0.324 e. The van der Waals surface area contributed by atoms with Gasteiger partial charge in [0, 0.05) is 0 Å². The first-order chi connectivity index (χ1) is 20.9. The van der Waals surface area contributed by atoms with Gasteiger partial charge >= 0.3 is 7.60 Å². The van der Waals surface area contributed by atoms with Crippen LogP contribution in [0.1, 0.15) is 232 Å². The topological polar surface area (TPSA) is 57.5 Å². The Morgan fingerprint density at radius 1 is 0.442 bits per heavy atom. The van der Waals surface area contributed by atoms with E-state index in [1.807, 2.05) is 0 Å². The first-order valence-electron chi connectivity index (χ1n) is 19.5. The summed E-state index contributed by atoms with van der Waals surface area (Å²) in [4.78, 5) is 20.8. The number of hydrogen-bond donors (Lipinski definition) is 2. The first kappa shape index (κ1) is 43.6. The summed E-state index contributed by atoms with van der Waals surface area (Å²) < 4.78 is 12.2. The van der Waals surface area contributed by atoms with Crippen LogP contribution in [0.2, 0.25) is 0 Å². The van der Waals surface area contributed by atoms with Gasteiger partial charge in [-0.3, -0.25) is 4.57 Å². The van der Waals surface area contributed by atoms with Crippen molar-refractivity contribution in [1.29, 1.82) is 0 Å². The molecule has 1 atom stereocenters. The molecule has 1 radical (unpaired) electrons. The van der Waals surface area contributed by atoms with E-state index in [9.17, 15) is 14.4 Å². The highest BCUT2D eigenvalue weighted by Crippen LogP contribution is 2.51. The molecule has 0 saturated heterocycles. The zero-order valence-corrected chi connectivity index (χ0v) is 31.7. The van der Waals surface area contributed by atoms with E-state index in [0.29, 0.717) is 6.42 Å². The summed E-state index contributed by atoms with van der Waals surface area (Å²) in [5.41, 5.74) is -0.601. The zero-order chi connectivity index (χ0) is 31.7. The Morgan fingerprint density at radius 2 is 0.674 bits per heavy atom. The second kappa shape index (κ2) is 34.0. The third-order valence-electron chi connectivity index (χ3n) is 9.37. The van der Waals surface area contributed by atoms with Crippen LogP contribution in [0.25, 0.3) is 0 Å². The average molecular weight is 693 g/mol. The third kappa shape index (κ3) is 32.4. The molecule has 5 heteroatoms. The Morgan fingerprint density at radius 3 is 0.930 bits per heavy atom. The highest BCUT2D eigenvalue weighted by atomic mass is 79.9. The molecule has 0 aliphatic rings. The van der Waals surface area contributed by atoms with Crippen molar-refractivity contribution in [2.45, 2.75) is 238 Å². The van der Waals surface area contributed by atoms with Crippen molar-refractivity contribution in [3.63, 3.8) is 0 Å². The van der Waals surface area contributed by atoms with Gasteiger partial charge in [0.05, 0.1) is 10.5 Å². The van der Waals surface area contributed by atoms with Crippen molar-refractivity contribution >= 4 is 23.5 Å². The van der Waals surface area contributed by atoms with E-state index < -0.39 is 13.3 Å². The lowest BCUT2D eigenvalue weighted by Crippen LogP contribution is -2.15. The van der Waals surface area contributed by atoms with Crippen LogP contribution in [0.5, 0.6) is 0 Å². The number of rotatable bonds is 36. The van der Waals surface area contributed by atoms with E-state index in [2.05, 4.69) is 29.8 Å². The van der Waals surface area contributed by atoms with Gasteiger partial charge in [-0.15, -0.1) is 0 Å². The maximum Gasteiger partial charge on any atom is 0.330 e. The SMILES string of the molecule is CCCCCCCCCCCCCCCCCC[C](Br)C(CCCCCCCCCCCCCCCCCC)P(=O)(O)O. The molecular weight excluding hydrogens is 615 g/mol. The minimum atomic E-state index is -4.10. The minimum absolute atomic E-state index is 0.601. The van der Waals surface area contributed by atoms with Gasteiger partial charge in [-0.1, -0.05) is 235 Å². The lowest BCUT2D eigenvalue weighted by atomic mass is 10.0. The van der Waals surface area contributed by atoms with Gasteiger partial charge in [0.2, 0.25) is 0 Å². The van der Waals surface area contributed by atoms with Gasteiger partial charge in [-0.2, -0.15) is 0 Å². The number of hydrogen-bond acceptors (Lipinski definition) is 1. The van der Waals surface area contributed by atoms with Crippen molar-refractivity contribution in [2.75, 3.05) is 0 Å². The molecule has 0 heterocycles. The summed E-state index contributed by atoms with van der Waals surface area (Å²) in [6.07, 6.45) is 44.1. The molecule has 0 amide bonds. The Balaban J connectivity index is 3.62. The van der Waals surface area contributed by atoms with Crippen LogP contribution < -0.4 is 0 Å². The third-order valence-corrected chi connectivity index (χ3v) is 12.1. The van der Waals surface area contributed by atoms with Gasteiger partial charge in [-0.25, -0.2) is 0 Å². The van der Waals surface area contributed by atoms with Gasteiger partial charge in [0.1, 0.15) is 0 Å². The normalized spacial score (nSPS) is 12.9. The maximum atomic E-state index is 12.2. The van der Waals surface area contributed by atoms with Crippen LogP contribution in [-0.2, 0) is 4.57 Å². The van der Waals surface area contributed by atoms with E-state index in [-0.39, 0.29) is 0 Å². The highest BCUT2D eigenvalue weighted by molar-refractivity contribution is 9.11. The molecule has 0 spiro atoms. The van der Waals surface area contributed by atoms with Gasteiger partial charge in [0.15, 0.2) is 0 Å². The van der Waals surface area contributed by atoms with Crippen LogP contribution in [0.3, 0.4) is 0 Å². The highest BCUT2D eigenvalue weighted by Gasteiger charge is 2.34. The standard InChI is InChI=1S/C38H77BrO3P/c1-3-5-7-9-11-13-15-17-19-21-23-25-27-29-31-33-35-37(39)38(43(40,41)42)36-34-32-30-28-26-24-22-20-18-16-14-12-10-8-6-4-2/h38H,3-36H2,1-2H3,(H2,40,41,42). The van der Waals surface area contributed by atoms with E-state index in [0.717, 1.165) is 30.5 Å². The fraction of sp³-hybridized carbons (Fsp3) is 0.974. The van der Waals surface area contributed by atoms with Crippen molar-refractivity contribution in [1.82, 2.24) is 0 Å². The summed E-state index contributed by atoms with van der Waals surface area (Å²) >= 11 is 3.60. The summed E-state index contributed by atoms with van der Waals surface area (Å²) in [5, 5.41) is 0. The lowest BCUT2D eigenvalue weighted by Gasteiger charge is -2.23. The van der Waals surface area contributed by atoms with Crippen LogP contribution in [-0.4, -0.2) is 15.4 Å². The molecule has 0 aromatic rings. The fourth-order valence-electron chi connectivity index (χ4n) is 6.40. The van der Waals surface area contributed by atoms with Crippen LogP contribution in [0.4, 0.5) is 0 Å². The Labute approximate surface area is 279 Å². The maximum absolute atomic E-state index is 12.2. The molecule has 0 aliphatic carbocycles. The molecular formula is C38H77BrO3P. The molecule has 0 saturated carbocycles. The fourth-order valence-corrected chi connectivity index (χ4v) is 8.72. The van der Waals surface area contributed by atoms with Crippen LogP contribution in [0.15, 0.2) is 0 Å². The molecule has 2 N–H and O–H groups in total. The Hall–Kier alpha value is 0.630. The van der Waals surface area contributed by atoms with Crippen molar-refractivity contribution in [3.8, 4) is 0 Å². The summed E-state index contributed by atoms with van der Waals surface area (Å²) in [5.74, 6) is 0. The van der Waals surface area contributed by atoms with Crippen molar-refractivity contribution < 1.29 is 14.4 Å². The summed E-state index contributed by atoms with van der Waals surface area (Å²) in [6, 6.07) is 0. The second-order valence-corrected chi connectivity index (χ2v) is 16.5. The molecule has 0 aliphatic heterocycles. The van der Waals surface area contributed by atoms with Gasteiger partial charge in [-0.05, 0) is 12.8 Å². The largest absolute Gasteiger partial charge is 0.330 e. The monoisotopic (exact) mass is 691 g/mol. The van der Waals surface area contributed by atoms with Crippen molar-refractivity contribution in [3.05, 3.63) is 4.83 Å². The average Bonchev–Trinajstić information content (AvgIpc) is 2.97. The number of halogens is 1. The quantitative estimate of drug-likeness (QED) is 0.0508. The predicted molar refractivity (Wildman–Crippen MR) is 196 cm³/mol. The van der Waals surface area contributed by atoms with E-state index in [4.69, 9.17) is 0 Å². The summed E-state index contributed by atoms with van der Waals surface area (Å²) in [6.45, 7) is 4.56. The molecule has 0 aromatic carbocycles. The second-order valence-electron chi connectivity index (χ2n) is 13.7. The molecule has 0 aromatic heterocycles. The van der Waals surface area contributed by atoms with Gasteiger partial charge < -0.3 is 9.79 Å². The number of unbranched alkanes of at least 4 members (excludes halogenated alkanes) is 30. The zero-order valence-electron chi connectivity index (χ0n) is 29.2. The molecule has 3 nitrogen and oxygen atoms in total. The molecule has 0 rings (SSSR count). The molecule has 43 heavy (non-hydrogen) atoms. The summed E-state index contributed by atoms with van der Waals surface area (Å²) in [7, 11) is -4.10. The lowest BCUT2D eigenvalue weighted by molar-refractivity contribution is 0.355. The van der Waals surface area contributed by atoms with Gasteiger partial charge in [0.25, 0.3) is 0 Å². The Bertz CT molecular complexity index is 582. The Kier molecular flexibility index (Phi) is 34.5. The molecule has 0 fully saturated rings. The van der Waals surface area contributed by atoms with Crippen molar-refractivity contribution in [2.24, 2.45) is 0 Å². The van der Waals surface area contributed by atoms with Crippen LogP contribution in [0, 0.1) is 4.83 Å².